The van der Waals surface area contributed by atoms with E-state index in [4.69, 9.17) is 0 Å². The van der Waals surface area contributed by atoms with Gasteiger partial charge >= 0.3 is 0 Å². The Morgan fingerprint density at radius 2 is 1.43 bits per heavy atom. The van der Waals surface area contributed by atoms with Gasteiger partial charge in [0.15, 0.2) is 0 Å². The maximum Gasteiger partial charge on any atom is 0.00431 e. The molecular weight excluding hydrogens is 254 g/mol. The third kappa shape index (κ3) is 5.35. The summed E-state index contributed by atoms with van der Waals surface area (Å²) in [6.45, 7) is 6.74. The van der Waals surface area contributed by atoms with Gasteiger partial charge in [-0.05, 0) is 36.9 Å². The molecular formula is C20H27N. The van der Waals surface area contributed by atoms with E-state index in [0.29, 0.717) is 0 Å². The van der Waals surface area contributed by atoms with E-state index in [-0.39, 0.29) is 5.41 Å². The Labute approximate surface area is 129 Å². The van der Waals surface area contributed by atoms with Crippen LogP contribution in [0.2, 0.25) is 0 Å². The lowest BCUT2D eigenvalue weighted by Crippen LogP contribution is -2.33. The van der Waals surface area contributed by atoms with Crippen LogP contribution < -0.4 is 5.32 Å². The van der Waals surface area contributed by atoms with Gasteiger partial charge in [-0.3, -0.25) is 0 Å². The summed E-state index contributed by atoms with van der Waals surface area (Å²) in [6, 6.07) is 21.5. The molecule has 0 unspecified atom stereocenters. The van der Waals surface area contributed by atoms with Gasteiger partial charge in [-0.1, -0.05) is 74.5 Å². The van der Waals surface area contributed by atoms with E-state index in [9.17, 15) is 0 Å². The second-order valence-electron chi connectivity index (χ2n) is 6.37. The standard InChI is InChI=1S/C20H27N/c1-20(2,19-14-7-4-8-15-19)17-21-16-10-9-13-18-11-5-3-6-12-18/h3-8,11-12,14-15,21H,9-10,13,16-17H2,1-2H3. The van der Waals surface area contributed by atoms with Gasteiger partial charge in [-0.25, -0.2) is 0 Å². The molecule has 2 aromatic rings. The quantitative estimate of drug-likeness (QED) is 0.699. The topological polar surface area (TPSA) is 12.0 Å². The predicted octanol–water partition coefficient (Wildman–Crippen LogP) is 4.58. The van der Waals surface area contributed by atoms with Crippen molar-refractivity contribution in [3.8, 4) is 0 Å². The molecule has 0 aliphatic heterocycles. The van der Waals surface area contributed by atoms with Crippen LogP contribution in [0.1, 0.15) is 37.8 Å². The molecule has 0 aliphatic rings. The fourth-order valence-electron chi connectivity index (χ4n) is 2.62. The summed E-state index contributed by atoms with van der Waals surface area (Å²) in [5.74, 6) is 0. The van der Waals surface area contributed by atoms with E-state index in [1.165, 1.54) is 30.4 Å². The van der Waals surface area contributed by atoms with Gasteiger partial charge in [0, 0.05) is 12.0 Å². The lowest BCUT2D eigenvalue weighted by atomic mass is 9.84. The number of benzene rings is 2. The highest BCUT2D eigenvalue weighted by molar-refractivity contribution is 5.23. The Bertz CT molecular complexity index is 502. The third-order valence-corrected chi connectivity index (χ3v) is 4.03. The summed E-state index contributed by atoms with van der Waals surface area (Å²) in [4.78, 5) is 0. The first-order valence-electron chi connectivity index (χ1n) is 7.99. The van der Waals surface area contributed by atoms with Crippen molar-refractivity contribution < 1.29 is 0 Å². The van der Waals surface area contributed by atoms with Crippen LogP contribution in [0, 0.1) is 0 Å². The molecule has 0 saturated heterocycles. The molecule has 0 spiro atoms. The van der Waals surface area contributed by atoms with Crippen LogP contribution in [0.25, 0.3) is 0 Å². The first kappa shape index (κ1) is 15.8. The van der Waals surface area contributed by atoms with Gasteiger partial charge in [-0.2, -0.15) is 0 Å². The molecule has 0 heterocycles. The molecule has 0 amide bonds. The lowest BCUT2D eigenvalue weighted by molar-refractivity contribution is 0.463. The SMILES string of the molecule is CC(C)(CNCCCCc1ccccc1)c1ccccc1. The van der Waals surface area contributed by atoms with E-state index in [1.807, 2.05) is 0 Å². The highest BCUT2D eigenvalue weighted by atomic mass is 14.9. The van der Waals surface area contributed by atoms with E-state index in [1.54, 1.807) is 0 Å². The van der Waals surface area contributed by atoms with Gasteiger partial charge in [0.1, 0.15) is 0 Å². The molecule has 1 nitrogen and oxygen atoms in total. The maximum absolute atomic E-state index is 3.61. The molecule has 2 aromatic carbocycles. The van der Waals surface area contributed by atoms with Crippen LogP contribution in [0.15, 0.2) is 60.7 Å². The summed E-state index contributed by atoms with van der Waals surface area (Å²) >= 11 is 0. The molecule has 0 fully saturated rings. The van der Waals surface area contributed by atoms with Crippen LogP contribution in [-0.4, -0.2) is 13.1 Å². The second-order valence-corrected chi connectivity index (χ2v) is 6.37. The fraction of sp³-hybridized carbons (Fsp3) is 0.400. The molecule has 0 bridgehead atoms. The average Bonchev–Trinajstić information content (AvgIpc) is 2.52. The van der Waals surface area contributed by atoms with Crippen molar-refractivity contribution in [3.63, 3.8) is 0 Å². The maximum atomic E-state index is 3.61. The minimum absolute atomic E-state index is 0.195. The van der Waals surface area contributed by atoms with Crippen LogP contribution in [0.5, 0.6) is 0 Å². The first-order chi connectivity index (χ1) is 10.2. The summed E-state index contributed by atoms with van der Waals surface area (Å²) < 4.78 is 0. The molecule has 1 heteroatoms. The molecule has 1 N–H and O–H groups in total. The molecule has 112 valence electrons. The van der Waals surface area contributed by atoms with Crippen molar-refractivity contribution >= 4 is 0 Å². The molecule has 0 aromatic heterocycles. The van der Waals surface area contributed by atoms with Crippen LogP contribution >= 0.6 is 0 Å². The van der Waals surface area contributed by atoms with Crippen LogP contribution in [-0.2, 0) is 11.8 Å². The number of nitrogens with one attached hydrogen (secondary N) is 1. The van der Waals surface area contributed by atoms with Gasteiger partial charge in [0.05, 0.1) is 0 Å². The van der Waals surface area contributed by atoms with Crippen molar-refractivity contribution in [2.45, 2.75) is 38.5 Å². The smallest absolute Gasteiger partial charge is 0.00431 e. The summed E-state index contributed by atoms with van der Waals surface area (Å²) in [7, 11) is 0. The zero-order valence-corrected chi connectivity index (χ0v) is 13.3. The Morgan fingerprint density at radius 1 is 0.810 bits per heavy atom. The Hall–Kier alpha value is -1.60. The van der Waals surface area contributed by atoms with Crippen molar-refractivity contribution in [2.24, 2.45) is 0 Å². The van der Waals surface area contributed by atoms with Crippen LogP contribution in [0.4, 0.5) is 0 Å². The normalized spacial score (nSPS) is 11.5. The Kier molecular flexibility index (Phi) is 6.01. The van der Waals surface area contributed by atoms with Gasteiger partial charge in [0.2, 0.25) is 0 Å². The minimum atomic E-state index is 0.195. The number of unbranched alkanes of at least 4 members (excludes halogenated alkanes) is 1. The zero-order chi connectivity index (χ0) is 15.0. The second kappa shape index (κ2) is 7.99. The molecule has 0 radical (unpaired) electrons. The molecule has 21 heavy (non-hydrogen) atoms. The number of rotatable bonds is 8. The van der Waals surface area contributed by atoms with E-state index >= 15 is 0 Å². The van der Waals surface area contributed by atoms with E-state index in [2.05, 4.69) is 79.8 Å². The predicted molar refractivity (Wildman–Crippen MR) is 91.7 cm³/mol. The zero-order valence-electron chi connectivity index (χ0n) is 13.3. The van der Waals surface area contributed by atoms with Crippen LogP contribution in [0.3, 0.4) is 0 Å². The number of hydrogen-bond acceptors (Lipinski definition) is 1. The number of hydrogen-bond donors (Lipinski definition) is 1. The van der Waals surface area contributed by atoms with Gasteiger partial charge in [0.25, 0.3) is 0 Å². The monoisotopic (exact) mass is 281 g/mol. The average molecular weight is 281 g/mol. The van der Waals surface area contributed by atoms with E-state index < -0.39 is 0 Å². The largest absolute Gasteiger partial charge is 0.316 e. The Balaban J connectivity index is 1.63. The number of aryl methyl sites for hydroxylation is 1. The molecule has 0 aliphatic carbocycles. The van der Waals surface area contributed by atoms with Crippen molar-refractivity contribution in [1.82, 2.24) is 5.32 Å². The van der Waals surface area contributed by atoms with Crippen molar-refractivity contribution in [2.75, 3.05) is 13.1 Å². The minimum Gasteiger partial charge on any atom is -0.316 e. The highest BCUT2D eigenvalue weighted by Gasteiger charge is 2.19. The third-order valence-electron chi connectivity index (χ3n) is 4.03. The highest BCUT2D eigenvalue weighted by Crippen LogP contribution is 2.21. The molecule has 0 atom stereocenters. The molecule has 2 rings (SSSR count). The Morgan fingerprint density at radius 3 is 2.10 bits per heavy atom. The van der Waals surface area contributed by atoms with E-state index in [0.717, 1.165) is 13.1 Å². The first-order valence-corrected chi connectivity index (χ1v) is 7.99. The fourth-order valence-corrected chi connectivity index (χ4v) is 2.62. The van der Waals surface area contributed by atoms with Gasteiger partial charge in [-0.15, -0.1) is 0 Å². The lowest BCUT2D eigenvalue weighted by Gasteiger charge is -2.25. The van der Waals surface area contributed by atoms with Crippen molar-refractivity contribution in [1.29, 1.82) is 0 Å². The summed E-state index contributed by atoms with van der Waals surface area (Å²) in [5.41, 5.74) is 3.05. The van der Waals surface area contributed by atoms with Gasteiger partial charge < -0.3 is 5.32 Å². The summed E-state index contributed by atoms with van der Waals surface area (Å²) in [5, 5.41) is 3.61. The summed E-state index contributed by atoms with van der Waals surface area (Å²) in [6.07, 6.45) is 3.67. The van der Waals surface area contributed by atoms with Crippen molar-refractivity contribution in [3.05, 3.63) is 71.8 Å². The molecule has 0 saturated carbocycles.